The van der Waals surface area contributed by atoms with E-state index < -0.39 is 9.84 Å². The van der Waals surface area contributed by atoms with Crippen LogP contribution in [-0.4, -0.2) is 76.4 Å². The van der Waals surface area contributed by atoms with Crippen molar-refractivity contribution in [3.05, 3.63) is 97.1 Å². The second-order valence-corrected chi connectivity index (χ2v) is 20.8. The predicted octanol–water partition coefficient (Wildman–Crippen LogP) is 9.72. The molecule has 2 heterocycles. The molecule has 4 aromatic rings. The minimum atomic E-state index is -3.75. The minimum Gasteiger partial charge on any atom is -0.357 e. The van der Waals surface area contributed by atoms with Crippen molar-refractivity contribution in [3.8, 4) is 22.3 Å². The first kappa shape index (κ1) is 42.8. The summed E-state index contributed by atoms with van der Waals surface area (Å²) in [5, 5.41) is 5.89. The van der Waals surface area contributed by atoms with Crippen LogP contribution in [-0.2, 0) is 19.4 Å². The van der Waals surface area contributed by atoms with Gasteiger partial charge in [-0.25, -0.2) is 8.42 Å². The Balaban J connectivity index is 0.979. The highest BCUT2D eigenvalue weighted by atomic mass is 32.2. The number of amides is 2. The summed E-state index contributed by atoms with van der Waals surface area (Å²) in [5.74, 6) is 2.65. The van der Waals surface area contributed by atoms with Gasteiger partial charge in [0.25, 0.3) is 0 Å². The molecule has 0 aliphatic carbocycles. The van der Waals surface area contributed by atoms with Gasteiger partial charge in [0.1, 0.15) is 8.64 Å². The van der Waals surface area contributed by atoms with E-state index in [0.717, 1.165) is 57.1 Å². The molecule has 0 saturated carbocycles. The third kappa shape index (κ3) is 11.7. The van der Waals surface area contributed by atoms with E-state index in [1.165, 1.54) is 36.4 Å². The number of carbonyl (C=O) groups is 2. The molecule has 57 heavy (non-hydrogen) atoms. The monoisotopic (exact) mass is 858 g/mol. The molecule has 0 spiro atoms. The molecule has 4 atom stereocenters. The van der Waals surface area contributed by atoms with Crippen LogP contribution < -0.4 is 10.6 Å². The number of sulfone groups is 1. The quantitative estimate of drug-likeness (QED) is 0.150. The van der Waals surface area contributed by atoms with Crippen LogP contribution in [0.15, 0.2) is 107 Å². The van der Waals surface area contributed by atoms with Gasteiger partial charge in [-0.2, -0.15) is 0 Å². The Bertz CT molecular complexity index is 1990. The molecule has 0 bridgehead atoms. The van der Waals surface area contributed by atoms with Gasteiger partial charge in [-0.3, -0.25) is 9.59 Å². The minimum absolute atomic E-state index is 0.113. The first-order chi connectivity index (χ1) is 27.2. The van der Waals surface area contributed by atoms with E-state index in [-0.39, 0.29) is 33.1 Å². The molecule has 6 rings (SSSR count). The summed E-state index contributed by atoms with van der Waals surface area (Å²) in [5.41, 5.74) is 4.88. The maximum Gasteiger partial charge on any atom is 0.234 e. The van der Waals surface area contributed by atoms with Gasteiger partial charge in [0, 0.05) is 37.6 Å². The molecule has 13 heteroatoms. The van der Waals surface area contributed by atoms with Crippen molar-refractivity contribution in [2.45, 2.75) is 50.3 Å². The van der Waals surface area contributed by atoms with E-state index in [1.807, 2.05) is 48.5 Å². The highest BCUT2D eigenvalue weighted by molar-refractivity contribution is 8.23. The van der Waals surface area contributed by atoms with Gasteiger partial charge in [-0.05, 0) is 107 Å². The van der Waals surface area contributed by atoms with E-state index in [1.54, 1.807) is 48.5 Å². The highest BCUT2D eigenvalue weighted by Crippen LogP contribution is 2.30. The number of benzene rings is 4. The van der Waals surface area contributed by atoms with E-state index in [0.29, 0.717) is 35.0 Å². The molecule has 8 nitrogen and oxygen atoms in total. The lowest BCUT2D eigenvalue weighted by Crippen LogP contribution is -2.41. The summed E-state index contributed by atoms with van der Waals surface area (Å²) >= 11 is 14.0. The van der Waals surface area contributed by atoms with E-state index in [4.69, 9.17) is 24.4 Å². The van der Waals surface area contributed by atoms with Crippen molar-refractivity contribution in [3.63, 3.8) is 0 Å². The van der Waals surface area contributed by atoms with E-state index in [9.17, 15) is 18.0 Å². The zero-order valence-corrected chi connectivity index (χ0v) is 36.9. The largest absolute Gasteiger partial charge is 0.357 e. The lowest BCUT2D eigenvalue weighted by molar-refractivity contribution is -0.114. The molecule has 4 aromatic carbocycles. The Hall–Kier alpha value is -3.75. The van der Waals surface area contributed by atoms with Crippen molar-refractivity contribution < 1.29 is 18.0 Å². The van der Waals surface area contributed by atoms with Crippen molar-refractivity contribution in [1.29, 1.82) is 0 Å². The molecule has 2 aliphatic rings. The molecule has 2 aliphatic heterocycles. The van der Waals surface area contributed by atoms with Crippen LogP contribution in [0.5, 0.6) is 0 Å². The Morgan fingerprint density at radius 3 is 1.12 bits per heavy atom. The van der Waals surface area contributed by atoms with Gasteiger partial charge >= 0.3 is 0 Å². The van der Waals surface area contributed by atoms with E-state index in [2.05, 4.69) is 48.1 Å². The highest BCUT2D eigenvalue weighted by Gasteiger charge is 2.25. The summed E-state index contributed by atoms with van der Waals surface area (Å²) in [6, 6.07) is 28.6. The number of rotatable bonds is 10. The Kier molecular flexibility index (Phi) is 14.5. The Labute approximate surface area is 356 Å². The van der Waals surface area contributed by atoms with Gasteiger partial charge in [0.05, 0.1) is 21.3 Å². The van der Waals surface area contributed by atoms with E-state index >= 15 is 0 Å². The van der Waals surface area contributed by atoms with Gasteiger partial charge in [-0.1, -0.05) is 124 Å². The smallest absolute Gasteiger partial charge is 0.234 e. The maximum atomic E-state index is 13.5. The first-order valence-corrected chi connectivity index (χ1v) is 23.6. The number of nitrogens with zero attached hydrogens (tertiary/aromatic N) is 2. The number of thiocarbonyl (C=S) groups is 2. The van der Waals surface area contributed by atoms with Gasteiger partial charge in [0.15, 0.2) is 0 Å². The zero-order chi connectivity index (χ0) is 40.7. The van der Waals surface area contributed by atoms with Crippen molar-refractivity contribution in [2.24, 2.45) is 23.7 Å². The van der Waals surface area contributed by atoms with Crippen LogP contribution >= 0.6 is 48.0 Å². The molecule has 0 radical (unpaired) electrons. The molecular weight excluding hydrogens is 809 g/mol. The fourth-order valence-corrected chi connectivity index (χ4v) is 11.0. The molecule has 2 fully saturated rings. The van der Waals surface area contributed by atoms with Crippen LogP contribution in [0, 0.1) is 23.7 Å². The summed E-state index contributed by atoms with van der Waals surface area (Å²) < 4.78 is 28.6. The van der Waals surface area contributed by atoms with Crippen LogP contribution in [0.3, 0.4) is 0 Å². The summed E-state index contributed by atoms with van der Waals surface area (Å²) in [4.78, 5) is 30.2. The average molecular weight is 859 g/mol. The number of carbonyl (C=O) groups excluding carboxylic acids is 2. The van der Waals surface area contributed by atoms with Crippen LogP contribution in [0.1, 0.15) is 40.5 Å². The normalized spacial score (nSPS) is 19.8. The van der Waals surface area contributed by atoms with Crippen LogP contribution in [0.4, 0.5) is 11.4 Å². The zero-order valence-electron chi connectivity index (χ0n) is 32.8. The van der Waals surface area contributed by atoms with Gasteiger partial charge in [-0.15, -0.1) is 0 Å². The number of anilines is 2. The van der Waals surface area contributed by atoms with Crippen molar-refractivity contribution >= 4 is 89.6 Å². The first-order valence-electron chi connectivity index (χ1n) is 19.3. The summed E-state index contributed by atoms with van der Waals surface area (Å²) in [6.07, 6.45) is 2.41. The third-order valence-corrected chi connectivity index (χ3v) is 15.1. The summed E-state index contributed by atoms with van der Waals surface area (Å²) in [6.45, 7) is 12.7. The number of piperidine rings is 2. The molecule has 0 aromatic heterocycles. The fourth-order valence-electron chi connectivity index (χ4n) is 7.74. The molecule has 2 saturated heterocycles. The van der Waals surface area contributed by atoms with Crippen molar-refractivity contribution in [2.75, 3.05) is 48.3 Å². The Morgan fingerprint density at radius 2 is 0.825 bits per heavy atom. The SMILES string of the molecule is C[C@@H]1C[C@@H](C)CN(C(=S)SCC(=O)Nc2ccc(-c3ccc(S(=O)(=O)c4ccc(-c5ccc(NC(=O)CSC(=S)N6C[C@H](C)C[C@@H](C)C6)cc5)cc4)cc3)cc2)C1. The van der Waals surface area contributed by atoms with Gasteiger partial charge < -0.3 is 20.4 Å². The number of likely N-dealkylation sites (tertiary alicyclic amines) is 2. The standard InChI is InChI=1S/C44H50N4O4S5/c1-29-21-30(2)24-47(23-29)43(53)55-27-41(49)45-37-13-5-33(6-14-37)35-9-17-39(18-10-35)57(51,52)40-19-11-36(12-20-40)34-7-15-38(16-8-34)46-42(50)28-56-44(54)48-25-31(3)22-32(4)26-48/h5-20,29-32H,21-28H2,1-4H3,(H,45,49)(H,46,50)/t29-,30-,31-,32-/m1/s1. The molecular formula is C44H50N4O4S5. The molecule has 300 valence electrons. The van der Waals surface area contributed by atoms with Crippen LogP contribution in [0.2, 0.25) is 0 Å². The number of nitrogens with one attached hydrogen (secondary N) is 2. The third-order valence-electron chi connectivity index (χ3n) is 10.2. The maximum absolute atomic E-state index is 13.5. The van der Waals surface area contributed by atoms with Gasteiger partial charge in [0.2, 0.25) is 21.7 Å². The number of hydrogen-bond donors (Lipinski definition) is 2. The lowest BCUT2D eigenvalue weighted by atomic mass is 9.92. The predicted molar refractivity (Wildman–Crippen MR) is 246 cm³/mol. The topological polar surface area (TPSA) is 98.8 Å². The second-order valence-electron chi connectivity index (χ2n) is 15.6. The van der Waals surface area contributed by atoms with Crippen molar-refractivity contribution in [1.82, 2.24) is 9.80 Å². The fraction of sp³-hybridized carbons (Fsp3) is 0.364. The lowest BCUT2D eigenvalue weighted by Gasteiger charge is -2.36. The number of hydrogen-bond acceptors (Lipinski definition) is 8. The Morgan fingerprint density at radius 1 is 0.544 bits per heavy atom. The molecule has 0 unspecified atom stereocenters. The summed E-state index contributed by atoms with van der Waals surface area (Å²) in [7, 11) is -3.75. The molecule has 2 amide bonds. The number of thioether (sulfide) groups is 2. The molecule has 2 N–H and O–H groups in total. The van der Waals surface area contributed by atoms with Crippen LogP contribution in [0.25, 0.3) is 22.3 Å². The second kappa shape index (κ2) is 19.3. The average Bonchev–Trinajstić information content (AvgIpc) is 3.19.